The molecule has 1 saturated carbocycles. The van der Waals surface area contributed by atoms with E-state index < -0.39 is 0 Å². The van der Waals surface area contributed by atoms with Gasteiger partial charge in [-0.25, -0.2) is 0 Å². The maximum Gasteiger partial charge on any atom is 0.0325 e. The fourth-order valence-corrected chi connectivity index (χ4v) is 4.01. The Labute approximate surface area is 117 Å². The van der Waals surface area contributed by atoms with E-state index in [4.69, 9.17) is 0 Å². The van der Waals surface area contributed by atoms with Crippen LogP contribution in [0.3, 0.4) is 0 Å². The molecule has 2 aliphatic carbocycles. The predicted octanol–water partition coefficient (Wildman–Crippen LogP) is 4.62. The maximum atomic E-state index is 3.96. The minimum Gasteiger partial charge on any atom is -0.307 e. The van der Waals surface area contributed by atoms with Crippen LogP contribution in [0.25, 0.3) is 0 Å². The quantitative estimate of drug-likeness (QED) is 0.779. The normalized spacial score (nSPS) is 25.8. The van der Waals surface area contributed by atoms with Crippen LogP contribution in [0.2, 0.25) is 0 Å². The highest BCUT2D eigenvalue weighted by Crippen LogP contribution is 2.32. The van der Waals surface area contributed by atoms with E-state index in [-0.39, 0.29) is 0 Å². The molecule has 0 bridgehead atoms. The van der Waals surface area contributed by atoms with E-state index in [1.54, 1.807) is 11.1 Å². The monoisotopic (exact) mass is 257 g/mol. The maximum absolute atomic E-state index is 3.96. The number of nitrogens with one attached hydrogen (secondary N) is 1. The first-order valence-electron chi connectivity index (χ1n) is 8.18. The van der Waals surface area contributed by atoms with Crippen molar-refractivity contribution in [1.29, 1.82) is 0 Å². The van der Waals surface area contributed by atoms with Crippen LogP contribution in [-0.4, -0.2) is 6.04 Å². The number of hydrogen-bond donors (Lipinski definition) is 1. The zero-order valence-corrected chi connectivity index (χ0v) is 12.2. The van der Waals surface area contributed by atoms with Gasteiger partial charge < -0.3 is 5.32 Å². The third-order valence-electron chi connectivity index (χ3n) is 5.19. The summed E-state index contributed by atoms with van der Waals surface area (Å²) in [5, 5.41) is 3.96. The fourth-order valence-electron chi connectivity index (χ4n) is 4.01. The number of benzene rings is 1. The fraction of sp³-hybridized carbons (Fsp3) is 0.667. The van der Waals surface area contributed by atoms with Gasteiger partial charge in [0.05, 0.1) is 0 Å². The van der Waals surface area contributed by atoms with Gasteiger partial charge in [0.15, 0.2) is 0 Å². The summed E-state index contributed by atoms with van der Waals surface area (Å²) in [5.74, 6) is 0.912. The summed E-state index contributed by atoms with van der Waals surface area (Å²) in [6.07, 6.45) is 11.1. The molecule has 0 spiro atoms. The van der Waals surface area contributed by atoms with E-state index in [1.807, 2.05) is 0 Å². The van der Waals surface area contributed by atoms with Crippen molar-refractivity contribution in [3.05, 3.63) is 35.4 Å². The minimum atomic E-state index is 0.592. The van der Waals surface area contributed by atoms with Gasteiger partial charge in [0.2, 0.25) is 0 Å². The summed E-state index contributed by atoms with van der Waals surface area (Å²) >= 11 is 0. The molecule has 2 atom stereocenters. The first kappa shape index (κ1) is 13.2. The van der Waals surface area contributed by atoms with E-state index >= 15 is 0 Å². The number of fused-ring (bicyclic) bond motifs is 1. The Kier molecular flexibility index (Phi) is 4.22. The lowest BCUT2D eigenvalue weighted by Gasteiger charge is -2.27. The second kappa shape index (κ2) is 6.09. The Morgan fingerprint density at radius 2 is 1.74 bits per heavy atom. The molecule has 0 heterocycles. The van der Waals surface area contributed by atoms with Crippen LogP contribution in [-0.2, 0) is 6.42 Å². The molecule has 1 aromatic rings. The van der Waals surface area contributed by atoms with Crippen molar-refractivity contribution < 1.29 is 0 Å². The molecule has 19 heavy (non-hydrogen) atoms. The molecule has 1 unspecified atom stereocenters. The highest BCUT2D eigenvalue weighted by atomic mass is 15.0. The van der Waals surface area contributed by atoms with E-state index in [2.05, 4.69) is 36.5 Å². The van der Waals surface area contributed by atoms with Gasteiger partial charge in [0.1, 0.15) is 0 Å². The molecule has 104 valence electrons. The minimum absolute atomic E-state index is 0.592. The lowest BCUT2D eigenvalue weighted by molar-refractivity contribution is 0.333. The SMILES string of the molecule is C[C@H](NC1CCCCc2ccccc21)C1CCCC1. The zero-order valence-electron chi connectivity index (χ0n) is 12.2. The highest BCUT2D eigenvalue weighted by Gasteiger charge is 2.25. The van der Waals surface area contributed by atoms with Gasteiger partial charge in [-0.1, -0.05) is 43.5 Å². The topological polar surface area (TPSA) is 12.0 Å². The zero-order chi connectivity index (χ0) is 13.1. The first-order chi connectivity index (χ1) is 9.34. The van der Waals surface area contributed by atoms with Crippen molar-refractivity contribution in [2.45, 2.75) is 70.4 Å². The van der Waals surface area contributed by atoms with Crippen LogP contribution >= 0.6 is 0 Å². The Morgan fingerprint density at radius 1 is 1.00 bits per heavy atom. The molecule has 0 amide bonds. The summed E-state index contributed by atoms with van der Waals surface area (Å²) in [4.78, 5) is 0. The smallest absolute Gasteiger partial charge is 0.0325 e. The van der Waals surface area contributed by atoms with Gasteiger partial charge in [0.25, 0.3) is 0 Å². The summed E-state index contributed by atoms with van der Waals surface area (Å²) in [6, 6.07) is 10.4. The molecule has 1 fully saturated rings. The van der Waals surface area contributed by atoms with E-state index in [0.29, 0.717) is 12.1 Å². The summed E-state index contributed by atoms with van der Waals surface area (Å²) in [6.45, 7) is 2.41. The van der Waals surface area contributed by atoms with E-state index in [1.165, 1.54) is 51.4 Å². The van der Waals surface area contributed by atoms with Crippen molar-refractivity contribution in [1.82, 2.24) is 5.32 Å². The van der Waals surface area contributed by atoms with Crippen LogP contribution in [0.4, 0.5) is 0 Å². The third-order valence-corrected chi connectivity index (χ3v) is 5.19. The van der Waals surface area contributed by atoms with Gasteiger partial charge >= 0.3 is 0 Å². The lowest BCUT2D eigenvalue weighted by atomic mass is 9.94. The van der Waals surface area contributed by atoms with Crippen molar-refractivity contribution in [2.24, 2.45) is 5.92 Å². The Bertz CT molecular complexity index is 406. The Balaban J connectivity index is 1.72. The third kappa shape index (κ3) is 3.02. The molecular weight excluding hydrogens is 230 g/mol. The van der Waals surface area contributed by atoms with Crippen molar-refractivity contribution in [2.75, 3.05) is 0 Å². The van der Waals surface area contributed by atoms with Crippen molar-refractivity contribution in [3.63, 3.8) is 0 Å². The number of aryl methyl sites for hydroxylation is 1. The predicted molar refractivity (Wildman–Crippen MR) is 81.3 cm³/mol. The average molecular weight is 257 g/mol. The molecule has 2 aliphatic rings. The van der Waals surface area contributed by atoms with Crippen LogP contribution in [0.15, 0.2) is 24.3 Å². The van der Waals surface area contributed by atoms with E-state index in [0.717, 1.165) is 5.92 Å². The van der Waals surface area contributed by atoms with Crippen LogP contribution < -0.4 is 5.32 Å². The molecular formula is C18H27N. The molecule has 1 aromatic carbocycles. The highest BCUT2D eigenvalue weighted by molar-refractivity contribution is 5.31. The van der Waals surface area contributed by atoms with Gasteiger partial charge in [-0.05, 0) is 56.1 Å². The molecule has 1 heteroatoms. The molecule has 0 aromatic heterocycles. The molecule has 1 N–H and O–H groups in total. The van der Waals surface area contributed by atoms with Gasteiger partial charge in [0, 0.05) is 12.1 Å². The van der Waals surface area contributed by atoms with Crippen LogP contribution in [0, 0.1) is 5.92 Å². The second-order valence-corrected chi connectivity index (χ2v) is 6.50. The summed E-state index contributed by atoms with van der Waals surface area (Å²) in [5.41, 5.74) is 3.15. The number of rotatable bonds is 3. The summed E-state index contributed by atoms with van der Waals surface area (Å²) in [7, 11) is 0. The molecule has 0 aliphatic heterocycles. The van der Waals surface area contributed by atoms with Crippen LogP contribution in [0.5, 0.6) is 0 Å². The lowest BCUT2D eigenvalue weighted by Crippen LogP contribution is -2.35. The second-order valence-electron chi connectivity index (χ2n) is 6.50. The average Bonchev–Trinajstić information content (AvgIpc) is 2.90. The molecule has 3 rings (SSSR count). The molecule has 0 radical (unpaired) electrons. The standard InChI is InChI=1S/C18H27N/c1-14(15-8-2-3-9-15)19-18-13-7-5-11-16-10-4-6-12-17(16)18/h4,6,10,12,14-15,18-19H,2-3,5,7-9,11,13H2,1H3/t14-,18?/m0/s1. The van der Waals surface area contributed by atoms with Crippen molar-refractivity contribution in [3.8, 4) is 0 Å². The van der Waals surface area contributed by atoms with Gasteiger partial charge in [-0.3, -0.25) is 0 Å². The van der Waals surface area contributed by atoms with Gasteiger partial charge in [-0.2, -0.15) is 0 Å². The Hall–Kier alpha value is -0.820. The van der Waals surface area contributed by atoms with Gasteiger partial charge in [-0.15, -0.1) is 0 Å². The van der Waals surface area contributed by atoms with Crippen molar-refractivity contribution >= 4 is 0 Å². The Morgan fingerprint density at radius 3 is 2.58 bits per heavy atom. The number of hydrogen-bond acceptors (Lipinski definition) is 1. The van der Waals surface area contributed by atoms with Crippen LogP contribution in [0.1, 0.15) is 69.0 Å². The molecule has 1 nitrogen and oxygen atoms in total. The first-order valence-corrected chi connectivity index (χ1v) is 8.18. The van der Waals surface area contributed by atoms with E-state index in [9.17, 15) is 0 Å². The summed E-state index contributed by atoms with van der Waals surface area (Å²) < 4.78 is 0. The largest absolute Gasteiger partial charge is 0.307 e. The molecule has 0 saturated heterocycles.